The number of ether oxygens (including phenoxy) is 1. The van der Waals surface area contributed by atoms with E-state index in [1.165, 1.54) is 11.1 Å². The molecular formula is C17H28O. The fraction of sp³-hybridized carbons (Fsp3) is 0.647. The summed E-state index contributed by atoms with van der Waals surface area (Å²) in [7, 11) is 1.84. The second-order valence-electron chi connectivity index (χ2n) is 6.05. The van der Waals surface area contributed by atoms with E-state index in [4.69, 9.17) is 4.74 Å². The van der Waals surface area contributed by atoms with Crippen LogP contribution in [0.15, 0.2) is 24.3 Å². The molecule has 0 amide bonds. The lowest BCUT2D eigenvalue weighted by Gasteiger charge is -2.42. The molecule has 0 heterocycles. The van der Waals surface area contributed by atoms with Crippen LogP contribution in [0, 0.1) is 11.8 Å². The minimum Gasteiger partial charge on any atom is -0.373 e. The van der Waals surface area contributed by atoms with E-state index in [2.05, 4.69) is 65.8 Å². The van der Waals surface area contributed by atoms with Gasteiger partial charge in [0.25, 0.3) is 0 Å². The maximum Gasteiger partial charge on any atom is 0.0975 e. The van der Waals surface area contributed by atoms with Crippen molar-refractivity contribution in [3.8, 4) is 0 Å². The Kier molecular flexibility index (Phi) is 4.98. The van der Waals surface area contributed by atoms with Gasteiger partial charge in [0.15, 0.2) is 0 Å². The van der Waals surface area contributed by atoms with Crippen LogP contribution < -0.4 is 0 Å². The van der Waals surface area contributed by atoms with Crippen molar-refractivity contribution in [3.05, 3.63) is 35.4 Å². The molecule has 0 saturated carbocycles. The highest BCUT2D eigenvalue weighted by atomic mass is 16.5. The van der Waals surface area contributed by atoms with Gasteiger partial charge in [0.2, 0.25) is 0 Å². The second-order valence-corrected chi connectivity index (χ2v) is 6.05. The van der Waals surface area contributed by atoms with Crippen molar-refractivity contribution < 1.29 is 4.74 Å². The second kappa shape index (κ2) is 5.88. The fourth-order valence-corrected chi connectivity index (χ4v) is 3.23. The summed E-state index contributed by atoms with van der Waals surface area (Å²) in [6, 6.07) is 8.72. The predicted octanol–water partition coefficient (Wildman–Crippen LogP) is 4.96. The van der Waals surface area contributed by atoms with Crippen molar-refractivity contribution >= 4 is 0 Å². The first-order chi connectivity index (χ1) is 8.37. The van der Waals surface area contributed by atoms with Gasteiger partial charge in [0.1, 0.15) is 0 Å². The van der Waals surface area contributed by atoms with E-state index in [9.17, 15) is 0 Å². The van der Waals surface area contributed by atoms with Crippen LogP contribution >= 0.6 is 0 Å². The molecule has 0 aliphatic rings. The normalized spacial score (nSPS) is 12.8. The molecule has 1 nitrogen and oxygen atoms in total. The van der Waals surface area contributed by atoms with E-state index in [1.807, 2.05) is 7.11 Å². The van der Waals surface area contributed by atoms with Gasteiger partial charge < -0.3 is 4.74 Å². The Morgan fingerprint density at radius 2 is 1.39 bits per heavy atom. The van der Waals surface area contributed by atoms with Crippen LogP contribution in [-0.2, 0) is 10.3 Å². The van der Waals surface area contributed by atoms with E-state index in [-0.39, 0.29) is 5.60 Å². The molecule has 1 rings (SSSR count). The molecule has 102 valence electrons. The molecule has 0 aliphatic carbocycles. The molecular weight excluding hydrogens is 220 g/mol. The topological polar surface area (TPSA) is 9.23 Å². The summed E-state index contributed by atoms with van der Waals surface area (Å²) in [5.41, 5.74) is 2.56. The van der Waals surface area contributed by atoms with Crippen LogP contribution in [0.25, 0.3) is 0 Å². The van der Waals surface area contributed by atoms with E-state index in [0.717, 1.165) is 0 Å². The SMILES string of the molecule is COC(c1ccccc1C(C)C)(C(C)C)C(C)C. The van der Waals surface area contributed by atoms with Gasteiger partial charge in [-0.3, -0.25) is 0 Å². The first-order valence-corrected chi connectivity index (χ1v) is 7.02. The minimum atomic E-state index is -0.194. The average Bonchev–Trinajstić information content (AvgIpc) is 2.30. The molecule has 0 aliphatic heterocycles. The predicted molar refractivity (Wildman–Crippen MR) is 78.9 cm³/mol. The van der Waals surface area contributed by atoms with Crippen LogP contribution in [0.2, 0.25) is 0 Å². The summed E-state index contributed by atoms with van der Waals surface area (Å²) < 4.78 is 6.04. The third kappa shape index (κ3) is 2.47. The van der Waals surface area contributed by atoms with Crippen LogP contribution in [0.5, 0.6) is 0 Å². The van der Waals surface area contributed by atoms with Gasteiger partial charge >= 0.3 is 0 Å². The molecule has 0 fully saturated rings. The molecule has 0 atom stereocenters. The summed E-state index contributed by atoms with van der Waals surface area (Å²) in [4.78, 5) is 0. The molecule has 0 N–H and O–H groups in total. The minimum absolute atomic E-state index is 0.194. The van der Waals surface area contributed by atoms with Crippen molar-refractivity contribution in [2.75, 3.05) is 7.11 Å². The number of hydrogen-bond donors (Lipinski definition) is 0. The summed E-state index contributed by atoms with van der Waals surface area (Å²) >= 11 is 0. The molecule has 0 aromatic heterocycles. The Morgan fingerprint density at radius 1 is 0.889 bits per heavy atom. The summed E-state index contributed by atoms with van der Waals surface area (Å²) in [5, 5.41) is 0. The number of hydrogen-bond acceptors (Lipinski definition) is 1. The van der Waals surface area contributed by atoms with Crippen molar-refractivity contribution in [2.24, 2.45) is 11.8 Å². The van der Waals surface area contributed by atoms with Crippen LogP contribution in [-0.4, -0.2) is 7.11 Å². The Bertz CT molecular complexity index is 369. The molecule has 0 saturated heterocycles. The third-order valence-corrected chi connectivity index (χ3v) is 4.06. The fourth-order valence-electron chi connectivity index (χ4n) is 3.23. The van der Waals surface area contributed by atoms with Crippen LogP contribution in [0.4, 0.5) is 0 Å². The molecule has 1 aromatic rings. The zero-order valence-electron chi connectivity index (χ0n) is 12.9. The molecule has 1 aromatic carbocycles. The first-order valence-electron chi connectivity index (χ1n) is 7.02. The quantitative estimate of drug-likeness (QED) is 0.715. The molecule has 1 heteroatoms. The lowest BCUT2D eigenvalue weighted by molar-refractivity contribution is -0.0909. The highest BCUT2D eigenvalue weighted by molar-refractivity contribution is 5.35. The first kappa shape index (κ1) is 15.2. The lowest BCUT2D eigenvalue weighted by Crippen LogP contribution is -2.40. The number of methoxy groups -OCH3 is 1. The summed E-state index contributed by atoms with van der Waals surface area (Å²) in [5.74, 6) is 1.41. The number of benzene rings is 1. The van der Waals surface area contributed by atoms with E-state index in [1.54, 1.807) is 0 Å². The third-order valence-electron chi connectivity index (χ3n) is 4.06. The van der Waals surface area contributed by atoms with Gasteiger partial charge in [-0.2, -0.15) is 0 Å². The summed E-state index contributed by atoms with van der Waals surface area (Å²) in [6.45, 7) is 13.5. The van der Waals surface area contributed by atoms with Crippen molar-refractivity contribution in [3.63, 3.8) is 0 Å². The summed E-state index contributed by atoms with van der Waals surface area (Å²) in [6.07, 6.45) is 0. The monoisotopic (exact) mass is 248 g/mol. The van der Waals surface area contributed by atoms with E-state index >= 15 is 0 Å². The van der Waals surface area contributed by atoms with E-state index < -0.39 is 0 Å². The van der Waals surface area contributed by atoms with Gasteiger partial charge in [-0.1, -0.05) is 65.8 Å². The number of rotatable bonds is 5. The van der Waals surface area contributed by atoms with Crippen molar-refractivity contribution in [1.82, 2.24) is 0 Å². The highest BCUT2D eigenvalue weighted by Crippen LogP contribution is 2.43. The van der Waals surface area contributed by atoms with Gasteiger partial charge in [0.05, 0.1) is 5.60 Å². The van der Waals surface area contributed by atoms with Crippen LogP contribution in [0.3, 0.4) is 0 Å². The molecule has 0 radical (unpaired) electrons. The zero-order valence-corrected chi connectivity index (χ0v) is 12.9. The van der Waals surface area contributed by atoms with Gasteiger partial charge in [-0.15, -0.1) is 0 Å². The maximum atomic E-state index is 6.04. The van der Waals surface area contributed by atoms with E-state index in [0.29, 0.717) is 17.8 Å². The highest BCUT2D eigenvalue weighted by Gasteiger charge is 2.40. The zero-order chi connectivity index (χ0) is 13.9. The largest absolute Gasteiger partial charge is 0.373 e. The molecule has 0 bridgehead atoms. The van der Waals surface area contributed by atoms with Gasteiger partial charge in [-0.05, 0) is 28.9 Å². The molecule has 18 heavy (non-hydrogen) atoms. The van der Waals surface area contributed by atoms with Gasteiger partial charge in [0, 0.05) is 7.11 Å². The van der Waals surface area contributed by atoms with Crippen molar-refractivity contribution in [2.45, 2.75) is 53.1 Å². The molecule has 0 spiro atoms. The molecule has 0 unspecified atom stereocenters. The van der Waals surface area contributed by atoms with Gasteiger partial charge in [-0.25, -0.2) is 0 Å². The van der Waals surface area contributed by atoms with Crippen LogP contribution in [0.1, 0.15) is 58.6 Å². The Hall–Kier alpha value is -0.820. The Labute approximate surface area is 113 Å². The average molecular weight is 248 g/mol. The Morgan fingerprint density at radius 3 is 1.78 bits per heavy atom. The maximum absolute atomic E-state index is 6.04. The smallest absolute Gasteiger partial charge is 0.0975 e. The Balaban J connectivity index is 3.47. The van der Waals surface area contributed by atoms with Crippen molar-refractivity contribution in [1.29, 1.82) is 0 Å². The standard InChI is InChI=1S/C17H28O/c1-12(2)15-10-8-9-11-16(15)17(18-7,13(3)4)14(5)6/h8-14H,1-7H3. The lowest BCUT2D eigenvalue weighted by atomic mass is 9.72.